The van der Waals surface area contributed by atoms with Crippen LogP contribution in [0.1, 0.15) is 15.9 Å². The van der Waals surface area contributed by atoms with E-state index in [9.17, 15) is 4.79 Å². The molecule has 0 saturated carbocycles. The van der Waals surface area contributed by atoms with Crippen LogP contribution in [0.5, 0.6) is 0 Å². The van der Waals surface area contributed by atoms with Gasteiger partial charge in [0.1, 0.15) is 0 Å². The van der Waals surface area contributed by atoms with Gasteiger partial charge in [-0.1, -0.05) is 11.6 Å². The van der Waals surface area contributed by atoms with Gasteiger partial charge >= 0.3 is 0 Å². The van der Waals surface area contributed by atoms with Crippen molar-refractivity contribution in [2.45, 2.75) is 6.92 Å². The van der Waals surface area contributed by atoms with Crippen molar-refractivity contribution in [1.82, 2.24) is 4.90 Å². The van der Waals surface area contributed by atoms with Crippen LogP contribution in [0, 0.1) is 6.92 Å². The number of nitrogens with one attached hydrogen (secondary N) is 1. The molecule has 1 aromatic rings. The average Bonchev–Trinajstić information content (AvgIpc) is 2.15. The first-order chi connectivity index (χ1) is 6.97. The minimum atomic E-state index is -0.0510. The van der Waals surface area contributed by atoms with Gasteiger partial charge in [0.25, 0.3) is 5.91 Å². The van der Waals surface area contributed by atoms with E-state index in [1.807, 2.05) is 19.1 Å². The first-order valence-corrected chi connectivity index (χ1v) is 5.04. The van der Waals surface area contributed by atoms with E-state index in [2.05, 4.69) is 5.32 Å². The largest absolute Gasteiger partial charge is 0.386 e. The minimum Gasteiger partial charge on any atom is -0.386 e. The van der Waals surface area contributed by atoms with Gasteiger partial charge in [0, 0.05) is 21.1 Å². The van der Waals surface area contributed by atoms with Crippen LogP contribution < -0.4 is 5.32 Å². The van der Waals surface area contributed by atoms with Crippen LogP contribution in [0.15, 0.2) is 12.1 Å². The molecule has 0 unspecified atom stereocenters. The molecular weight excluding hydrogens is 212 g/mol. The Morgan fingerprint density at radius 3 is 2.47 bits per heavy atom. The van der Waals surface area contributed by atoms with Gasteiger partial charge in [-0.25, -0.2) is 0 Å². The number of nitrogens with zero attached hydrogens (tertiary/aromatic N) is 1. The highest BCUT2D eigenvalue weighted by Gasteiger charge is 2.15. The quantitative estimate of drug-likeness (QED) is 0.840. The fourth-order valence-electron chi connectivity index (χ4n) is 1.41. The summed E-state index contributed by atoms with van der Waals surface area (Å²) in [6, 6.07) is 3.67. The number of hydrogen-bond acceptors (Lipinski definition) is 2. The molecule has 0 aliphatic rings. The molecule has 0 radical (unpaired) electrons. The minimum absolute atomic E-state index is 0.0510. The third-order valence-electron chi connectivity index (χ3n) is 2.12. The molecule has 1 aromatic carbocycles. The van der Waals surface area contributed by atoms with E-state index in [1.54, 1.807) is 21.1 Å². The van der Waals surface area contributed by atoms with Crippen molar-refractivity contribution in [1.29, 1.82) is 0 Å². The second-order valence-electron chi connectivity index (χ2n) is 3.62. The third kappa shape index (κ3) is 2.42. The highest BCUT2D eigenvalue weighted by atomic mass is 35.5. The molecule has 0 fully saturated rings. The number of halogens is 1. The summed E-state index contributed by atoms with van der Waals surface area (Å²) in [5.41, 5.74) is 2.26. The van der Waals surface area contributed by atoms with Gasteiger partial charge in [-0.2, -0.15) is 0 Å². The lowest BCUT2D eigenvalue weighted by Gasteiger charge is -2.15. The summed E-state index contributed by atoms with van der Waals surface area (Å²) in [7, 11) is 5.19. The number of carbonyl (C=O) groups is 1. The van der Waals surface area contributed by atoms with Crippen LogP contribution in [0.3, 0.4) is 0 Å². The smallest absolute Gasteiger partial charge is 0.255 e. The summed E-state index contributed by atoms with van der Waals surface area (Å²) in [5.74, 6) is -0.0510. The van der Waals surface area contributed by atoms with Crippen LogP contribution in [0.2, 0.25) is 5.02 Å². The SMILES string of the molecule is CNc1c(Cl)cc(C)cc1C(=O)N(C)C. The van der Waals surface area contributed by atoms with Crippen LogP contribution in [0.25, 0.3) is 0 Å². The number of hydrogen-bond donors (Lipinski definition) is 1. The predicted octanol–water partition coefficient (Wildman–Crippen LogP) is 2.39. The van der Waals surface area contributed by atoms with Crippen molar-refractivity contribution in [3.63, 3.8) is 0 Å². The Morgan fingerprint density at radius 1 is 1.40 bits per heavy atom. The molecule has 1 rings (SSSR count). The van der Waals surface area contributed by atoms with Gasteiger partial charge in [-0.05, 0) is 24.6 Å². The topological polar surface area (TPSA) is 32.3 Å². The number of anilines is 1. The van der Waals surface area contributed by atoms with Crippen molar-refractivity contribution in [3.8, 4) is 0 Å². The molecule has 0 heterocycles. The number of amides is 1. The Bertz CT molecular complexity index is 388. The van der Waals surface area contributed by atoms with Gasteiger partial charge in [-0.15, -0.1) is 0 Å². The summed E-state index contributed by atoms with van der Waals surface area (Å²) in [6.07, 6.45) is 0. The Labute approximate surface area is 95.0 Å². The lowest BCUT2D eigenvalue weighted by Crippen LogP contribution is -2.23. The maximum Gasteiger partial charge on any atom is 0.255 e. The zero-order valence-corrected chi connectivity index (χ0v) is 10.1. The van der Waals surface area contributed by atoms with Crippen LogP contribution >= 0.6 is 11.6 Å². The summed E-state index contributed by atoms with van der Waals surface area (Å²) in [4.78, 5) is 13.4. The molecule has 0 atom stereocenters. The maximum absolute atomic E-state index is 11.9. The first kappa shape index (κ1) is 11.9. The molecule has 1 amide bonds. The lowest BCUT2D eigenvalue weighted by molar-refractivity contribution is 0.0828. The van der Waals surface area contributed by atoms with E-state index in [0.29, 0.717) is 16.3 Å². The normalized spacial score (nSPS) is 9.93. The number of benzene rings is 1. The zero-order chi connectivity index (χ0) is 11.6. The monoisotopic (exact) mass is 226 g/mol. The fourth-order valence-corrected chi connectivity index (χ4v) is 1.77. The summed E-state index contributed by atoms with van der Waals surface area (Å²) < 4.78 is 0. The Morgan fingerprint density at radius 2 is 2.00 bits per heavy atom. The van der Waals surface area contributed by atoms with Gasteiger partial charge in [0.2, 0.25) is 0 Å². The summed E-state index contributed by atoms with van der Waals surface area (Å²) in [5, 5.41) is 3.52. The summed E-state index contributed by atoms with van der Waals surface area (Å²) >= 11 is 6.05. The Kier molecular flexibility index (Phi) is 3.58. The van der Waals surface area contributed by atoms with Crippen LogP contribution in [-0.2, 0) is 0 Å². The molecule has 0 saturated heterocycles. The standard InChI is InChI=1S/C11H15ClN2O/c1-7-5-8(11(15)14(3)4)10(13-2)9(12)6-7/h5-6,13H,1-4H3. The van der Waals surface area contributed by atoms with Crippen molar-refractivity contribution in [2.24, 2.45) is 0 Å². The van der Waals surface area contributed by atoms with Crippen molar-refractivity contribution < 1.29 is 4.79 Å². The molecule has 0 aliphatic heterocycles. The molecule has 0 bridgehead atoms. The van der Waals surface area contributed by atoms with Crippen LogP contribution in [0.4, 0.5) is 5.69 Å². The second-order valence-corrected chi connectivity index (χ2v) is 4.03. The van der Waals surface area contributed by atoms with E-state index in [-0.39, 0.29) is 5.91 Å². The molecule has 82 valence electrons. The molecule has 3 nitrogen and oxygen atoms in total. The van der Waals surface area contributed by atoms with E-state index < -0.39 is 0 Å². The van der Waals surface area contributed by atoms with Crippen molar-refractivity contribution in [2.75, 3.05) is 26.5 Å². The van der Waals surface area contributed by atoms with Gasteiger partial charge < -0.3 is 10.2 Å². The van der Waals surface area contributed by atoms with Crippen molar-refractivity contribution in [3.05, 3.63) is 28.3 Å². The Hall–Kier alpha value is -1.22. The van der Waals surface area contributed by atoms with Crippen LogP contribution in [-0.4, -0.2) is 32.0 Å². The maximum atomic E-state index is 11.9. The molecule has 0 aromatic heterocycles. The third-order valence-corrected chi connectivity index (χ3v) is 2.42. The fraction of sp³-hybridized carbons (Fsp3) is 0.364. The van der Waals surface area contributed by atoms with Gasteiger partial charge in [-0.3, -0.25) is 4.79 Å². The number of rotatable bonds is 2. The number of aryl methyl sites for hydroxylation is 1. The molecule has 4 heteroatoms. The van der Waals surface area contributed by atoms with Gasteiger partial charge in [0.05, 0.1) is 16.3 Å². The highest BCUT2D eigenvalue weighted by molar-refractivity contribution is 6.34. The molecule has 0 spiro atoms. The second kappa shape index (κ2) is 4.53. The van der Waals surface area contributed by atoms with E-state index in [4.69, 9.17) is 11.6 Å². The summed E-state index contributed by atoms with van der Waals surface area (Å²) in [6.45, 7) is 1.91. The average molecular weight is 227 g/mol. The zero-order valence-electron chi connectivity index (χ0n) is 9.39. The van der Waals surface area contributed by atoms with E-state index in [1.165, 1.54) is 4.90 Å². The molecule has 0 aliphatic carbocycles. The van der Waals surface area contributed by atoms with E-state index in [0.717, 1.165) is 5.56 Å². The Balaban J connectivity index is 3.32. The molecule has 1 N–H and O–H groups in total. The molecule has 15 heavy (non-hydrogen) atoms. The van der Waals surface area contributed by atoms with Gasteiger partial charge in [0.15, 0.2) is 0 Å². The first-order valence-electron chi connectivity index (χ1n) is 4.67. The molecular formula is C11H15ClN2O. The number of carbonyl (C=O) groups excluding carboxylic acids is 1. The highest BCUT2D eigenvalue weighted by Crippen LogP contribution is 2.28. The van der Waals surface area contributed by atoms with E-state index >= 15 is 0 Å². The lowest BCUT2D eigenvalue weighted by atomic mass is 10.1. The predicted molar refractivity (Wildman–Crippen MR) is 63.8 cm³/mol. The van der Waals surface area contributed by atoms with Crippen molar-refractivity contribution >= 4 is 23.2 Å².